The molecule has 0 saturated carbocycles. The van der Waals surface area contributed by atoms with Gasteiger partial charge in [0.05, 0.1) is 6.61 Å². The van der Waals surface area contributed by atoms with Crippen LogP contribution in [0.3, 0.4) is 0 Å². The number of ether oxygens (including phenoxy) is 1. The van der Waals surface area contributed by atoms with E-state index in [1.807, 2.05) is 0 Å². The first-order chi connectivity index (χ1) is 8.39. The smallest absolute Gasteiger partial charge is 0.132 e. The summed E-state index contributed by atoms with van der Waals surface area (Å²) in [6.07, 6.45) is 15.4. The molecule has 17 heavy (non-hydrogen) atoms. The van der Waals surface area contributed by atoms with E-state index in [1.54, 1.807) is 0 Å². The number of hydrogen-bond acceptors (Lipinski definition) is 2. The van der Waals surface area contributed by atoms with Gasteiger partial charge in [-0.15, -0.1) is 0 Å². The van der Waals surface area contributed by atoms with Crippen molar-refractivity contribution in [3.63, 3.8) is 0 Å². The summed E-state index contributed by atoms with van der Waals surface area (Å²) in [6.45, 7) is 1.42. The van der Waals surface area contributed by atoms with E-state index in [0.717, 1.165) is 25.9 Å². The Morgan fingerprint density at radius 3 is 2.41 bits per heavy atom. The number of allylic oxidation sites excluding steroid dienone is 1. The maximum atomic E-state index is 11.5. The largest absolute Gasteiger partial charge is 0.377 e. The average Bonchev–Trinajstić information content (AvgIpc) is 2.32. The zero-order valence-corrected chi connectivity index (χ0v) is 11.0. The number of carbonyl (C=O) groups excluding carboxylic acids is 1. The second-order valence-corrected chi connectivity index (χ2v) is 4.85. The van der Waals surface area contributed by atoms with Crippen LogP contribution in [-0.2, 0) is 9.53 Å². The van der Waals surface area contributed by atoms with Crippen LogP contribution in [0.15, 0.2) is 12.2 Å². The van der Waals surface area contributed by atoms with E-state index >= 15 is 0 Å². The Bertz CT molecular complexity index is 221. The highest BCUT2D eigenvalue weighted by molar-refractivity contribution is 5.78. The SMILES string of the molecule is O=C1CCCCCCCCC=CCOCCC1. The predicted octanol–water partition coefficient (Wildman–Crippen LogP) is 4.04. The van der Waals surface area contributed by atoms with Gasteiger partial charge in [-0.05, 0) is 25.7 Å². The zero-order valence-electron chi connectivity index (χ0n) is 11.0. The maximum absolute atomic E-state index is 11.5. The molecular formula is C15H26O2. The highest BCUT2D eigenvalue weighted by atomic mass is 16.5. The van der Waals surface area contributed by atoms with Crippen molar-refractivity contribution >= 4 is 5.78 Å². The van der Waals surface area contributed by atoms with Gasteiger partial charge < -0.3 is 4.74 Å². The topological polar surface area (TPSA) is 26.3 Å². The van der Waals surface area contributed by atoms with Crippen LogP contribution >= 0.6 is 0 Å². The minimum atomic E-state index is 0.413. The summed E-state index contributed by atoms with van der Waals surface area (Å²) in [7, 11) is 0. The van der Waals surface area contributed by atoms with Gasteiger partial charge in [0.1, 0.15) is 5.78 Å². The van der Waals surface area contributed by atoms with Crippen molar-refractivity contribution in [3.05, 3.63) is 12.2 Å². The summed E-state index contributed by atoms with van der Waals surface area (Å²) in [5.41, 5.74) is 0. The lowest BCUT2D eigenvalue weighted by atomic mass is 10.0. The van der Waals surface area contributed by atoms with Gasteiger partial charge in [0.2, 0.25) is 0 Å². The lowest BCUT2D eigenvalue weighted by Gasteiger charge is -2.04. The summed E-state index contributed by atoms with van der Waals surface area (Å²) >= 11 is 0. The molecule has 1 aliphatic heterocycles. The molecule has 0 atom stereocenters. The van der Waals surface area contributed by atoms with Gasteiger partial charge in [-0.25, -0.2) is 0 Å². The standard InChI is InChI=1S/C15H26O2/c16-15-11-8-6-4-2-1-3-5-7-9-13-17-14-10-12-15/h7,9H,1-6,8,10-14H2. The van der Waals surface area contributed by atoms with Gasteiger partial charge in [0.15, 0.2) is 0 Å². The van der Waals surface area contributed by atoms with Crippen LogP contribution in [0.4, 0.5) is 0 Å². The fourth-order valence-electron chi connectivity index (χ4n) is 2.13. The minimum Gasteiger partial charge on any atom is -0.377 e. The van der Waals surface area contributed by atoms with E-state index in [0.29, 0.717) is 18.8 Å². The molecule has 0 N–H and O–H groups in total. The third-order valence-corrected chi connectivity index (χ3v) is 3.20. The van der Waals surface area contributed by atoms with Gasteiger partial charge in [0.25, 0.3) is 0 Å². The number of ketones is 1. The van der Waals surface area contributed by atoms with Crippen molar-refractivity contribution in [1.82, 2.24) is 0 Å². The molecular weight excluding hydrogens is 212 g/mol. The molecule has 98 valence electrons. The van der Waals surface area contributed by atoms with E-state index in [-0.39, 0.29) is 0 Å². The summed E-state index contributed by atoms with van der Waals surface area (Å²) < 4.78 is 5.44. The van der Waals surface area contributed by atoms with E-state index < -0.39 is 0 Å². The highest BCUT2D eigenvalue weighted by Gasteiger charge is 2.01. The second kappa shape index (κ2) is 10.5. The van der Waals surface area contributed by atoms with Gasteiger partial charge in [-0.1, -0.05) is 37.8 Å². The minimum absolute atomic E-state index is 0.413. The summed E-state index contributed by atoms with van der Waals surface area (Å²) in [4.78, 5) is 11.5. The normalized spacial score (nSPS) is 22.5. The molecule has 1 heterocycles. The molecule has 0 fully saturated rings. The predicted molar refractivity (Wildman–Crippen MR) is 71.1 cm³/mol. The first-order valence-electron chi connectivity index (χ1n) is 7.14. The Morgan fingerprint density at radius 2 is 1.53 bits per heavy atom. The lowest BCUT2D eigenvalue weighted by molar-refractivity contribution is -0.119. The number of rotatable bonds is 0. The molecule has 2 heteroatoms. The fraction of sp³-hybridized carbons (Fsp3) is 0.800. The Kier molecular flexibility index (Phi) is 8.93. The van der Waals surface area contributed by atoms with Gasteiger partial charge >= 0.3 is 0 Å². The number of Topliss-reactive ketones (excluding diaryl/α,β-unsaturated/α-hetero) is 1. The van der Waals surface area contributed by atoms with Crippen molar-refractivity contribution in [3.8, 4) is 0 Å². The van der Waals surface area contributed by atoms with E-state index in [2.05, 4.69) is 12.2 Å². The number of hydrogen-bond donors (Lipinski definition) is 0. The van der Waals surface area contributed by atoms with Gasteiger partial charge in [-0.2, -0.15) is 0 Å². The number of carbonyl (C=O) groups is 1. The first-order valence-corrected chi connectivity index (χ1v) is 7.14. The van der Waals surface area contributed by atoms with Crippen LogP contribution in [0.2, 0.25) is 0 Å². The van der Waals surface area contributed by atoms with Crippen molar-refractivity contribution in [1.29, 1.82) is 0 Å². The van der Waals surface area contributed by atoms with E-state index in [1.165, 1.54) is 38.5 Å². The van der Waals surface area contributed by atoms with Crippen molar-refractivity contribution in [2.24, 2.45) is 0 Å². The second-order valence-electron chi connectivity index (χ2n) is 4.85. The zero-order chi connectivity index (χ0) is 12.2. The molecule has 1 rings (SSSR count). The van der Waals surface area contributed by atoms with Crippen LogP contribution in [-0.4, -0.2) is 19.0 Å². The molecule has 0 saturated heterocycles. The Labute approximate surface area is 105 Å². The van der Waals surface area contributed by atoms with Crippen molar-refractivity contribution in [2.75, 3.05) is 13.2 Å². The van der Waals surface area contributed by atoms with Crippen LogP contribution in [0, 0.1) is 0 Å². The van der Waals surface area contributed by atoms with Crippen molar-refractivity contribution in [2.45, 2.75) is 64.2 Å². The molecule has 2 nitrogen and oxygen atoms in total. The third kappa shape index (κ3) is 9.11. The van der Waals surface area contributed by atoms with Crippen LogP contribution in [0.5, 0.6) is 0 Å². The summed E-state index contributed by atoms with van der Waals surface area (Å²) in [5, 5.41) is 0. The molecule has 0 bridgehead atoms. The van der Waals surface area contributed by atoms with Gasteiger partial charge in [0, 0.05) is 19.4 Å². The van der Waals surface area contributed by atoms with Crippen LogP contribution < -0.4 is 0 Å². The molecule has 0 aromatic carbocycles. The first kappa shape index (κ1) is 14.4. The molecule has 0 aromatic rings. The van der Waals surface area contributed by atoms with E-state index in [9.17, 15) is 4.79 Å². The van der Waals surface area contributed by atoms with E-state index in [4.69, 9.17) is 4.74 Å². The summed E-state index contributed by atoms with van der Waals surface area (Å²) in [6, 6.07) is 0. The average molecular weight is 238 g/mol. The highest BCUT2D eigenvalue weighted by Crippen LogP contribution is 2.10. The molecule has 0 unspecified atom stereocenters. The molecule has 0 spiro atoms. The quantitative estimate of drug-likeness (QED) is 0.595. The molecule has 0 radical (unpaired) electrons. The van der Waals surface area contributed by atoms with Crippen LogP contribution in [0.25, 0.3) is 0 Å². The van der Waals surface area contributed by atoms with Gasteiger partial charge in [-0.3, -0.25) is 4.79 Å². The fourth-order valence-corrected chi connectivity index (χ4v) is 2.13. The van der Waals surface area contributed by atoms with Crippen molar-refractivity contribution < 1.29 is 9.53 Å². The molecule has 1 aliphatic rings. The third-order valence-electron chi connectivity index (χ3n) is 3.20. The summed E-state index contributed by atoms with van der Waals surface area (Å²) in [5.74, 6) is 0.413. The maximum Gasteiger partial charge on any atom is 0.132 e. The monoisotopic (exact) mass is 238 g/mol. The molecule has 0 aromatic heterocycles. The van der Waals surface area contributed by atoms with Crippen LogP contribution in [0.1, 0.15) is 64.2 Å². The molecule has 0 aliphatic carbocycles. The Hall–Kier alpha value is -0.630. The Balaban J connectivity index is 2.18. The molecule has 0 amide bonds. The lowest BCUT2D eigenvalue weighted by Crippen LogP contribution is -2.02. The Morgan fingerprint density at radius 1 is 0.824 bits per heavy atom.